The summed E-state index contributed by atoms with van der Waals surface area (Å²) < 4.78 is 3.31. The summed E-state index contributed by atoms with van der Waals surface area (Å²) >= 11 is 0. The molecule has 152 valence electrons. The van der Waals surface area contributed by atoms with Crippen LogP contribution in [0, 0.1) is 0 Å². The topological polar surface area (TPSA) is 75.4 Å². The number of likely N-dealkylation sites (N-methyl/N-ethyl adjacent to an activating group) is 1. The molecule has 1 aliphatic rings. The average molecular weight is 387 g/mol. The van der Waals surface area contributed by atoms with Crippen LogP contribution in [0.5, 0.6) is 0 Å². The molecule has 1 aliphatic heterocycles. The highest BCUT2D eigenvalue weighted by molar-refractivity contribution is 5.89. The SMILES string of the molecule is CCn1c([C@@H]2CCCN(C(=O)Nc3ccccc3)C2)nn(CCN(C)C)c1=O. The summed E-state index contributed by atoms with van der Waals surface area (Å²) in [6, 6.07) is 9.36. The second kappa shape index (κ2) is 9.05. The summed E-state index contributed by atoms with van der Waals surface area (Å²) in [7, 11) is 3.96. The van der Waals surface area contributed by atoms with Gasteiger partial charge in [0.2, 0.25) is 0 Å². The van der Waals surface area contributed by atoms with Gasteiger partial charge in [-0.3, -0.25) is 4.57 Å². The Hall–Kier alpha value is -2.61. The lowest BCUT2D eigenvalue weighted by Gasteiger charge is -2.32. The van der Waals surface area contributed by atoms with Gasteiger partial charge in [-0.25, -0.2) is 14.3 Å². The lowest BCUT2D eigenvalue weighted by Crippen LogP contribution is -2.42. The van der Waals surface area contributed by atoms with Crippen molar-refractivity contribution < 1.29 is 4.79 Å². The number of piperidine rings is 1. The Kier molecular flexibility index (Phi) is 6.51. The Bertz CT molecular complexity index is 842. The van der Waals surface area contributed by atoms with Gasteiger partial charge in [-0.15, -0.1) is 0 Å². The van der Waals surface area contributed by atoms with Gasteiger partial charge in [-0.2, -0.15) is 5.10 Å². The summed E-state index contributed by atoms with van der Waals surface area (Å²) in [5.74, 6) is 0.868. The zero-order chi connectivity index (χ0) is 20.1. The van der Waals surface area contributed by atoms with Crippen LogP contribution >= 0.6 is 0 Å². The number of hydrogen-bond donors (Lipinski definition) is 1. The molecule has 2 heterocycles. The number of hydrogen-bond acceptors (Lipinski definition) is 4. The van der Waals surface area contributed by atoms with Gasteiger partial charge >= 0.3 is 11.7 Å². The van der Waals surface area contributed by atoms with Crippen LogP contribution in [-0.2, 0) is 13.1 Å². The average Bonchev–Trinajstić information content (AvgIpc) is 3.02. The monoisotopic (exact) mass is 386 g/mol. The van der Waals surface area contributed by atoms with E-state index in [4.69, 9.17) is 0 Å². The van der Waals surface area contributed by atoms with E-state index in [1.807, 2.05) is 61.2 Å². The standard InChI is InChI=1S/C20H30N6O2/c1-4-25-18(22-26(20(25)28)14-13-23(2)3)16-9-8-12-24(15-16)19(27)21-17-10-6-5-7-11-17/h5-7,10-11,16H,4,8-9,12-15H2,1-3H3,(H,21,27)/t16-/m1/s1. The van der Waals surface area contributed by atoms with E-state index < -0.39 is 0 Å². The first-order valence-corrected chi connectivity index (χ1v) is 9.92. The third kappa shape index (κ3) is 4.62. The minimum atomic E-state index is -0.103. The van der Waals surface area contributed by atoms with E-state index in [-0.39, 0.29) is 17.6 Å². The molecule has 8 nitrogen and oxygen atoms in total. The molecule has 0 unspecified atom stereocenters. The van der Waals surface area contributed by atoms with Crippen LogP contribution < -0.4 is 11.0 Å². The molecule has 8 heteroatoms. The number of amides is 2. The van der Waals surface area contributed by atoms with E-state index in [0.29, 0.717) is 26.2 Å². The summed E-state index contributed by atoms with van der Waals surface area (Å²) in [5, 5.41) is 7.58. The summed E-state index contributed by atoms with van der Waals surface area (Å²) in [6.45, 7) is 5.16. The molecule has 2 amide bonds. The summed E-state index contributed by atoms with van der Waals surface area (Å²) in [5.41, 5.74) is 0.721. The van der Waals surface area contributed by atoms with Crippen molar-refractivity contribution in [2.24, 2.45) is 0 Å². The molecule has 0 aliphatic carbocycles. The van der Waals surface area contributed by atoms with Crippen LogP contribution in [0.15, 0.2) is 35.1 Å². The zero-order valence-electron chi connectivity index (χ0n) is 17.0. The summed E-state index contributed by atoms with van der Waals surface area (Å²) in [6.07, 6.45) is 1.83. The van der Waals surface area contributed by atoms with E-state index in [9.17, 15) is 9.59 Å². The second-order valence-corrected chi connectivity index (χ2v) is 7.49. The molecule has 0 radical (unpaired) electrons. The van der Waals surface area contributed by atoms with Crippen LogP contribution in [0.1, 0.15) is 31.5 Å². The maximum Gasteiger partial charge on any atom is 0.345 e. The quantitative estimate of drug-likeness (QED) is 0.824. The highest BCUT2D eigenvalue weighted by Crippen LogP contribution is 2.25. The Labute approximate surface area is 165 Å². The molecule has 0 bridgehead atoms. The van der Waals surface area contributed by atoms with Gasteiger partial charge < -0.3 is 15.1 Å². The van der Waals surface area contributed by atoms with Gasteiger partial charge in [0.05, 0.1) is 6.54 Å². The lowest BCUT2D eigenvalue weighted by molar-refractivity contribution is 0.190. The second-order valence-electron chi connectivity index (χ2n) is 7.49. The van der Waals surface area contributed by atoms with Crippen molar-refractivity contribution >= 4 is 11.7 Å². The highest BCUT2D eigenvalue weighted by atomic mass is 16.2. The molecule has 1 N–H and O–H groups in total. The summed E-state index contributed by atoms with van der Waals surface area (Å²) in [4.78, 5) is 29.2. The van der Waals surface area contributed by atoms with E-state index >= 15 is 0 Å². The first-order valence-electron chi connectivity index (χ1n) is 9.92. The largest absolute Gasteiger partial charge is 0.345 e. The van der Waals surface area contributed by atoms with Crippen LogP contribution in [0.3, 0.4) is 0 Å². The highest BCUT2D eigenvalue weighted by Gasteiger charge is 2.29. The van der Waals surface area contributed by atoms with Crippen molar-refractivity contribution in [3.8, 4) is 0 Å². The molecular formula is C20H30N6O2. The fraction of sp³-hybridized carbons (Fsp3) is 0.550. The van der Waals surface area contributed by atoms with Crippen LogP contribution in [-0.4, -0.2) is 63.9 Å². The first-order chi connectivity index (χ1) is 13.5. The third-order valence-corrected chi connectivity index (χ3v) is 5.13. The van der Waals surface area contributed by atoms with Crippen LogP contribution in [0.25, 0.3) is 0 Å². The predicted octanol–water partition coefficient (Wildman–Crippen LogP) is 2.04. The Morgan fingerprint density at radius 1 is 1.29 bits per heavy atom. The van der Waals surface area contributed by atoms with E-state index in [0.717, 1.165) is 30.9 Å². The minimum absolute atomic E-state index is 0.0646. The molecule has 1 atom stereocenters. The van der Waals surface area contributed by atoms with Crippen LogP contribution in [0.2, 0.25) is 0 Å². The van der Waals surface area contributed by atoms with Gasteiger partial charge in [0.25, 0.3) is 0 Å². The van der Waals surface area contributed by atoms with E-state index in [2.05, 4.69) is 10.4 Å². The van der Waals surface area contributed by atoms with Crippen molar-refractivity contribution in [1.29, 1.82) is 0 Å². The Morgan fingerprint density at radius 2 is 2.04 bits per heavy atom. The fourth-order valence-corrected chi connectivity index (χ4v) is 3.59. The molecule has 1 aromatic carbocycles. The minimum Gasteiger partial charge on any atom is -0.324 e. The Morgan fingerprint density at radius 3 is 2.71 bits per heavy atom. The molecular weight excluding hydrogens is 356 g/mol. The number of benzene rings is 1. The number of carbonyl (C=O) groups is 1. The van der Waals surface area contributed by atoms with E-state index in [1.165, 1.54) is 0 Å². The molecule has 1 saturated heterocycles. The smallest absolute Gasteiger partial charge is 0.324 e. The molecule has 28 heavy (non-hydrogen) atoms. The maximum atomic E-state index is 12.7. The van der Waals surface area contributed by atoms with Gasteiger partial charge in [-0.05, 0) is 46.0 Å². The molecule has 1 aromatic heterocycles. The number of para-hydroxylation sites is 1. The fourth-order valence-electron chi connectivity index (χ4n) is 3.59. The van der Waals surface area contributed by atoms with Crippen molar-refractivity contribution in [2.45, 2.75) is 38.8 Å². The Balaban J connectivity index is 1.73. The van der Waals surface area contributed by atoms with Gasteiger partial charge in [0, 0.05) is 37.8 Å². The zero-order valence-corrected chi connectivity index (χ0v) is 17.0. The number of rotatable bonds is 6. The number of aromatic nitrogens is 3. The van der Waals surface area contributed by atoms with Crippen molar-refractivity contribution in [1.82, 2.24) is 24.1 Å². The van der Waals surface area contributed by atoms with Crippen molar-refractivity contribution in [3.63, 3.8) is 0 Å². The molecule has 0 saturated carbocycles. The molecule has 1 fully saturated rings. The normalized spacial score (nSPS) is 17.1. The molecule has 2 aromatic rings. The first kappa shape index (κ1) is 20.1. The van der Waals surface area contributed by atoms with Gasteiger partial charge in [-0.1, -0.05) is 18.2 Å². The van der Waals surface area contributed by atoms with Gasteiger partial charge in [0.1, 0.15) is 5.82 Å². The van der Waals surface area contributed by atoms with Crippen LogP contribution in [0.4, 0.5) is 10.5 Å². The molecule has 0 spiro atoms. The van der Waals surface area contributed by atoms with Crippen molar-refractivity contribution in [3.05, 3.63) is 46.6 Å². The third-order valence-electron chi connectivity index (χ3n) is 5.13. The van der Waals surface area contributed by atoms with Crippen molar-refractivity contribution in [2.75, 3.05) is 39.0 Å². The maximum absolute atomic E-state index is 12.7. The number of nitrogens with one attached hydrogen (secondary N) is 1. The lowest BCUT2D eigenvalue weighted by atomic mass is 9.97. The predicted molar refractivity (Wildman–Crippen MR) is 110 cm³/mol. The number of urea groups is 1. The molecule has 3 rings (SSSR count). The van der Waals surface area contributed by atoms with E-state index in [1.54, 1.807) is 9.25 Å². The van der Waals surface area contributed by atoms with Gasteiger partial charge in [0.15, 0.2) is 0 Å². The number of nitrogens with zero attached hydrogens (tertiary/aromatic N) is 5. The number of anilines is 1. The number of carbonyl (C=O) groups excluding carboxylic acids is 1. The number of likely N-dealkylation sites (tertiary alicyclic amines) is 1.